The summed E-state index contributed by atoms with van der Waals surface area (Å²) in [6.45, 7) is 0.983. The van der Waals surface area contributed by atoms with Crippen LogP contribution in [-0.2, 0) is 12.8 Å². The van der Waals surface area contributed by atoms with E-state index in [0.717, 1.165) is 19.4 Å². The summed E-state index contributed by atoms with van der Waals surface area (Å²) in [6.07, 6.45) is 2.07. The molecule has 0 amide bonds. The summed E-state index contributed by atoms with van der Waals surface area (Å²) in [5.41, 5.74) is 4.10. The average molecular weight is 301 g/mol. The van der Waals surface area contributed by atoms with Crippen LogP contribution in [0.4, 0.5) is 0 Å². The molecule has 116 valence electrons. The molecule has 0 bridgehead atoms. The Morgan fingerprint density at radius 3 is 1.74 bits per heavy atom. The highest BCUT2D eigenvalue weighted by Crippen LogP contribution is 2.18. The number of hydrogen-bond acceptors (Lipinski definition) is 1. The van der Waals surface area contributed by atoms with Crippen LogP contribution in [0.5, 0.6) is 0 Å². The van der Waals surface area contributed by atoms with Crippen molar-refractivity contribution in [3.63, 3.8) is 0 Å². The van der Waals surface area contributed by atoms with Crippen molar-refractivity contribution >= 4 is 0 Å². The molecule has 23 heavy (non-hydrogen) atoms. The van der Waals surface area contributed by atoms with Crippen molar-refractivity contribution in [2.45, 2.75) is 18.9 Å². The van der Waals surface area contributed by atoms with Gasteiger partial charge < -0.3 is 5.32 Å². The van der Waals surface area contributed by atoms with Gasteiger partial charge in [0.05, 0.1) is 0 Å². The van der Waals surface area contributed by atoms with Gasteiger partial charge in [0.2, 0.25) is 0 Å². The number of benzene rings is 3. The monoisotopic (exact) mass is 301 g/mol. The lowest BCUT2D eigenvalue weighted by Crippen LogP contribution is -2.25. The Balaban J connectivity index is 1.65. The van der Waals surface area contributed by atoms with Crippen LogP contribution in [0.1, 0.15) is 22.7 Å². The maximum atomic E-state index is 3.73. The summed E-state index contributed by atoms with van der Waals surface area (Å²) in [5.74, 6) is 0. The van der Waals surface area contributed by atoms with E-state index in [2.05, 4.69) is 96.3 Å². The van der Waals surface area contributed by atoms with Gasteiger partial charge in [-0.25, -0.2) is 0 Å². The van der Waals surface area contributed by atoms with Crippen LogP contribution < -0.4 is 5.32 Å². The van der Waals surface area contributed by atoms with E-state index < -0.39 is 0 Å². The van der Waals surface area contributed by atoms with Crippen molar-refractivity contribution in [1.29, 1.82) is 0 Å². The molecule has 0 aliphatic rings. The second-order valence-electron chi connectivity index (χ2n) is 5.84. The van der Waals surface area contributed by atoms with Crippen LogP contribution >= 0.6 is 0 Å². The van der Waals surface area contributed by atoms with E-state index in [1.54, 1.807) is 0 Å². The van der Waals surface area contributed by atoms with E-state index in [4.69, 9.17) is 0 Å². The summed E-state index contributed by atoms with van der Waals surface area (Å²) in [6, 6.07) is 32.4. The topological polar surface area (TPSA) is 12.0 Å². The quantitative estimate of drug-likeness (QED) is 0.661. The van der Waals surface area contributed by atoms with E-state index in [1.807, 2.05) is 0 Å². The standard InChI is InChI=1S/C22H23N/c1-4-10-19(11-5-1)16-17-23-22(21-14-8-3-9-15-21)18-20-12-6-2-7-13-20/h1-15,22-23H,16-18H2. The highest BCUT2D eigenvalue weighted by atomic mass is 14.9. The summed E-state index contributed by atoms with van der Waals surface area (Å²) < 4.78 is 0. The SMILES string of the molecule is c1ccc(CCNC(Cc2ccccc2)c2ccccc2)cc1. The minimum atomic E-state index is 0.349. The molecule has 0 saturated carbocycles. The minimum Gasteiger partial charge on any atom is -0.309 e. The first kappa shape index (κ1) is 15.5. The van der Waals surface area contributed by atoms with Gasteiger partial charge in [-0.15, -0.1) is 0 Å². The third-order valence-electron chi connectivity index (χ3n) is 4.13. The van der Waals surface area contributed by atoms with Gasteiger partial charge in [0, 0.05) is 6.04 Å². The van der Waals surface area contributed by atoms with Crippen LogP contribution in [0.25, 0.3) is 0 Å². The molecule has 1 nitrogen and oxygen atoms in total. The molecule has 0 fully saturated rings. The predicted molar refractivity (Wildman–Crippen MR) is 97.5 cm³/mol. The molecule has 0 aliphatic heterocycles. The molecule has 0 aliphatic carbocycles. The fourth-order valence-corrected chi connectivity index (χ4v) is 2.88. The summed E-state index contributed by atoms with van der Waals surface area (Å²) in [5, 5.41) is 3.73. The fourth-order valence-electron chi connectivity index (χ4n) is 2.88. The van der Waals surface area contributed by atoms with E-state index in [1.165, 1.54) is 16.7 Å². The molecule has 0 aromatic heterocycles. The molecule has 1 N–H and O–H groups in total. The van der Waals surface area contributed by atoms with Crippen LogP contribution in [0.2, 0.25) is 0 Å². The summed E-state index contributed by atoms with van der Waals surface area (Å²) in [7, 11) is 0. The first-order valence-electron chi connectivity index (χ1n) is 8.28. The lowest BCUT2D eigenvalue weighted by Gasteiger charge is -2.19. The Kier molecular flexibility index (Phi) is 5.60. The Bertz CT molecular complexity index is 677. The highest BCUT2D eigenvalue weighted by Gasteiger charge is 2.11. The molecule has 0 radical (unpaired) electrons. The first-order valence-corrected chi connectivity index (χ1v) is 8.28. The molecule has 0 heterocycles. The Morgan fingerprint density at radius 1 is 0.609 bits per heavy atom. The van der Waals surface area contributed by atoms with Crippen molar-refractivity contribution in [3.05, 3.63) is 108 Å². The Morgan fingerprint density at radius 2 is 1.13 bits per heavy atom. The second kappa shape index (κ2) is 8.30. The molecule has 1 unspecified atom stereocenters. The smallest absolute Gasteiger partial charge is 0.0360 e. The summed E-state index contributed by atoms with van der Waals surface area (Å²) in [4.78, 5) is 0. The van der Waals surface area contributed by atoms with Crippen LogP contribution in [0, 0.1) is 0 Å². The highest BCUT2D eigenvalue weighted by molar-refractivity contribution is 5.24. The van der Waals surface area contributed by atoms with E-state index in [9.17, 15) is 0 Å². The molecule has 1 heteroatoms. The predicted octanol–water partition coefficient (Wildman–Crippen LogP) is 4.80. The molecule has 3 rings (SSSR count). The third-order valence-corrected chi connectivity index (χ3v) is 4.13. The van der Waals surface area contributed by atoms with Crippen molar-refractivity contribution in [2.24, 2.45) is 0 Å². The van der Waals surface area contributed by atoms with E-state index in [0.29, 0.717) is 6.04 Å². The lowest BCUT2D eigenvalue weighted by atomic mass is 9.98. The first-order chi connectivity index (χ1) is 11.4. The van der Waals surface area contributed by atoms with Gasteiger partial charge in [-0.2, -0.15) is 0 Å². The van der Waals surface area contributed by atoms with Gasteiger partial charge in [0.1, 0.15) is 0 Å². The van der Waals surface area contributed by atoms with E-state index >= 15 is 0 Å². The zero-order valence-electron chi connectivity index (χ0n) is 13.4. The summed E-state index contributed by atoms with van der Waals surface area (Å²) >= 11 is 0. The minimum absolute atomic E-state index is 0.349. The molecule has 0 spiro atoms. The fraction of sp³-hybridized carbons (Fsp3) is 0.182. The van der Waals surface area contributed by atoms with Crippen LogP contribution in [-0.4, -0.2) is 6.54 Å². The zero-order valence-corrected chi connectivity index (χ0v) is 13.4. The Labute approximate surface area is 139 Å². The van der Waals surface area contributed by atoms with E-state index in [-0.39, 0.29) is 0 Å². The van der Waals surface area contributed by atoms with Crippen LogP contribution in [0.15, 0.2) is 91.0 Å². The van der Waals surface area contributed by atoms with Crippen molar-refractivity contribution in [2.75, 3.05) is 6.54 Å². The maximum Gasteiger partial charge on any atom is 0.0360 e. The molecular weight excluding hydrogens is 278 g/mol. The molecule has 3 aromatic carbocycles. The van der Waals surface area contributed by atoms with Gasteiger partial charge in [-0.05, 0) is 36.1 Å². The maximum absolute atomic E-state index is 3.73. The largest absolute Gasteiger partial charge is 0.309 e. The second-order valence-corrected chi connectivity index (χ2v) is 5.84. The van der Waals surface area contributed by atoms with Gasteiger partial charge in [-0.3, -0.25) is 0 Å². The third kappa shape index (κ3) is 4.80. The number of nitrogens with one attached hydrogen (secondary N) is 1. The zero-order chi connectivity index (χ0) is 15.7. The number of hydrogen-bond donors (Lipinski definition) is 1. The molecule has 0 saturated heterocycles. The van der Waals surface area contributed by atoms with Gasteiger partial charge in [0.25, 0.3) is 0 Å². The lowest BCUT2D eigenvalue weighted by molar-refractivity contribution is 0.534. The van der Waals surface area contributed by atoms with Gasteiger partial charge in [-0.1, -0.05) is 91.0 Å². The normalized spacial score (nSPS) is 12.0. The average Bonchev–Trinajstić information content (AvgIpc) is 2.63. The van der Waals surface area contributed by atoms with Crippen molar-refractivity contribution in [1.82, 2.24) is 5.32 Å². The van der Waals surface area contributed by atoms with Gasteiger partial charge in [0.15, 0.2) is 0 Å². The van der Waals surface area contributed by atoms with Crippen molar-refractivity contribution < 1.29 is 0 Å². The molecular formula is C22H23N. The Hall–Kier alpha value is -2.38. The van der Waals surface area contributed by atoms with Crippen LogP contribution in [0.3, 0.4) is 0 Å². The van der Waals surface area contributed by atoms with Gasteiger partial charge >= 0.3 is 0 Å². The molecule has 3 aromatic rings. The van der Waals surface area contributed by atoms with Crippen molar-refractivity contribution in [3.8, 4) is 0 Å². The molecule has 1 atom stereocenters. The number of rotatable bonds is 7.